The standard InChI is InChI=1S/C11H16ClN3O2S2/c1-2-15-19(16,17)7-6-14-9-5-3-4-8(12)10(9)11(13)18/h3-5,14-15H,2,6-7H2,1H3,(H2,13,18). The van der Waals surface area contributed by atoms with Crippen LogP contribution in [0.3, 0.4) is 0 Å². The van der Waals surface area contributed by atoms with E-state index < -0.39 is 10.0 Å². The van der Waals surface area contributed by atoms with Crippen LogP contribution < -0.4 is 15.8 Å². The van der Waals surface area contributed by atoms with Gasteiger partial charge < -0.3 is 11.1 Å². The van der Waals surface area contributed by atoms with Gasteiger partial charge in [0.05, 0.1) is 16.3 Å². The largest absolute Gasteiger partial charge is 0.389 e. The number of benzene rings is 1. The van der Waals surface area contributed by atoms with Gasteiger partial charge in [-0.2, -0.15) is 0 Å². The number of anilines is 1. The number of nitrogens with two attached hydrogens (primary N) is 1. The molecule has 0 aliphatic rings. The SMILES string of the molecule is CCNS(=O)(=O)CCNc1cccc(Cl)c1C(N)=S. The van der Waals surface area contributed by atoms with Crippen molar-refractivity contribution in [1.29, 1.82) is 0 Å². The molecule has 5 nitrogen and oxygen atoms in total. The van der Waals surface area contributed by atoms with Gasteiger partial charge in [0.15, 0.2) is 0 Å². The average molecular weight is 322 g/mol. The smallest absolute Gasteiger partial charge is 0.213 e. The summed E-state index contributed by atoms with van der Waals surface area (Å²) in [4.78, 5) is 0.169. The van der Waals surface area contributed by atoms with Crippen molar-refractivity contribution in [1.82, 2.24) is 4.72 Å². The maximum atomic E-state index is 11.5. The van der Waals surface area contributed by atoms with E-state index in [-0.39, 0.29) is 17.3 Å². The molecule has 0 bridgehead atoms. The second-order valence-electron chi connectivity index (χ2n) is 3.77. The Balaban J connectivity index is 2.74. The molecule has 19 heavy (non-hydrogen) atoms. The molecule has 1 aromatic carbocycles. The number of rotatable bonds is 7. The van der Waals surface area contributed by atoms with Crippen molar-refractivity contribution in [2.45, 2.75) is 6.92 Å². The van der Waals surface area contributed by atoms with Gasteiger partial charge in [0.1, 0.15) is 4.99 Å². The van der Waals surface area contributed by atoms with Crippen LogP contribution in [-0.4, -0.2) is 32.2 Å². The predicted octanol–water partition coefficient (Wildman–Crippen LogP) is 1.33. The summed E-state index contributed by atoms with van der Waals surface area (Å²) in [6.07, 6.45) is 0. The molecule has 0 amide bonds. The first-order chi connectivity index (χ1) is 8.87. The fourth-order valence-electron chi connectivity index (χ4n) is 1.53. The zero-order valence-electron chi connectivity index (χ0n) is 10.4. The van der Waals surface area contributed by atoms with Gasteiger partial charge in [-0.3, -0.25) is 0 Å². The van der Waals surface area contributed by atoms with Gasteiger partial charge in [-0.05, 0) is 12.1 Å². The maximum absolute atomic E-state index is 11.5. The van der Waals surface area contributed by atoms with Crippen LogP contribution in [0.4, 0.5) is 5.69 Å². The highest BCUT2D eigenvalue weighted by molar-refractivity contribution is 7.89. The third-order valence-corrected chi connectivity index (χ3v) is 4.30. The van der Waals surface area contributed by atoms with Crippen molar-refractivity contribution in [3.8, 4) is 0 Å². The normalized spacial score (nSPS) is 11.3. The third-order valence-electron chi connectivity index (χ3n) is 2.31. The predicted molar refractivity (Wildman–Crippen MR) is 83.3 cm³/mol. The van der Waals surface area contributed by atoms with E-state index in [9.17, 15) is 8.42 Å². The van der Waals surface area contributed by atoms with Crippen LogP contribution in [-0.2, 0) is 10.0 Å². The van der Waals surface area contributed by atoms with Crippen LogP contribution in [0.5, 0.6) is 0 Å². The molecule has 0 fully saturated rings. The molecule has 8 heteroatoms. The van der Waals surface area contributed by atoms with Gasteiger partial charge in [0.2, 0.25) is 10.0 Å². The second-order valence-corrected chi connectivity index (χ2v) is 6.54. The van der Waals surface area contributed by atoms with Crippen LogP contribution >= 0.6 is 23.8 Å². The molecule has 0 heterocycles. The quantitative estimate of drug-likeness (QED) is 0.660. The summed E-state index contributed by atoms with van der Waals surface area (Å²) in [5, 5.41) is 3.42. The Morgan fingerprint density at radius 1 is 1.47 bits per heavy atom. The fraction of sp³-hybridized carbons (Fsp3) is 0.364. The van der Waals surface area contributed by atoms with E-state index in [1.807, 2.05) is 0 Å². The molecule has 0 unspecified atom stereocenters. The molecule has 0 saturated heterocycles. The summed E-state index contributed by atoms with van der Waals surface area (Å²) in [6, 6.07) is 5.17. The Kier molecular flexibility index (Phi) is 5.99. The lowest BCUT2D eigenvalue weighted by Crippen LogP contribution is -2.29. The number of halogens is 1. The van der Waals surface area contributed by atoms with Crippen molar-refractivity contribution in [2.24, 2.45) is 5.73 Å². The van der Waals surface area contributed by atoms with Gasteiger partial charge in [0.25, 0.3) is 0 Å². The second kappa shape index (κ2) is 7.04. The molecule has 1 rings (SSSR count). The molecule has 0 aliphatic carbocycles. The summed E-state index contributed by atoms with van der Waals surface area (Å²) < 4.78 is 25.4. The van der Waals surface area contributed by atoms with E-state index >= 15 is 0 Å². The van der Waals surface area contributed by atoms with Gasteiger partial charge in [-0.1, -0.05) is 36.8 Å². The van der Waals surface area contributed by atoms with E-state index in [1.165, 1.54) is 0 Å². The number of hydrogen-bond donors (Lipinski definition) is 3. The highest BCUT2D eigenvalue weighted by atomic mass is 35.5. The Labute approximate surface area is 123 Å². The van der Waals surface area contributed by atoms with Crippen LogP contribution in [0.15, 0.2) is 18.2 Å². The first-order valence-corrected chi connectivity index (χ1v) is 8.10. The van der Waals surface area contributed by atoms with Gasteiger partial charge >= 0.3 is 0 Å². The molecular formula is C11H16ClN3O2S2. The lowest BCUT2D eigenvalue weighted by atomic mass is 10.1. The van der Waals surface area contributed by atoms with E-state index in [0.29, 0.717) is 22.8 Å². The zero-order valence-corrected chi connectivity index (χ0v) is 12.8. The Bertz CT molecular complexity index is 561. The van der Waals surface area contributed by atoms with Crippen LogP contribution in [0.1, 0.15) is 12.5 Å². The highest BCUT2D eigenvalue weighted by Crippen LogP contribution is 2.24. The molecular weight excluding hydrogens is 306 g/mol. The Morgan fingerprint density at radius 3 is 2.74 bits per heavy atom. The molecule has 106 valence electrons. The summed E-state index contributed by atoms with van der Waals surface area (Å²) in [7, 11) is -3.25. The lowest BCUT2D eigenvalue weighted by Gasteiger charge is -2.12. The minimum Gasteiger partial charge on any atom is -0.389 e. The van der Waals surface area contributed by atoms with E-state index in [2.05, 4.69) is 10.0 Å². The van der Waals surface area contributed by atoms with Crippen LogP contribution in [0.25, 0.3) is 0 Å². The summed E-state index contributed by atoms with van der Waals surface area (Å²) in [6.45, 7) is 2.34. The molecule has 0 atom stereocenters. The molecule has 0 radical (unpaired) electrons. The van der Waals surface area contributed by atoms with Crippen molar-refractivity contribution in [2.75, 3.05) is 24.2 Å². The molecule has 0 saturated carbocycles. The van der Waals surface area contributed by atoms with Crippen molar-refractivity contribution in [3.63, 3.8) is 0 Å². The van der Waals surface area contributed by atoms with Crippen molar-refractivity contribution >= 4 is 44.5 Å². The lowest BCUT2D eigenvalue weighted by molar-refractivity contribution is 0.584. The first kappa shape index (κ1) is 16.2. The van der Waals surface area contributed by atoms with Gasteiger partial charge in [-0.15, -0.1) is 0 Å². The Hall–Kier alpha value is -0.890. The minimum atomic E-state index is -3.25. The van der Waals surface area contributed by atoms with Gasteiger partial charge in [0, 0.05) is 18.8 Å². The number of thiocarbonyl (C=S) groups is 1. The highest BCUT2D eigenvalue weighted by Gasteiger charge is 2.11. The van der Waals surface area contributed by atoms with E-state index in [4.69, 9.17) is 29.6 Å². The average Bonchev–Trinajstić information content (AvgIpc) is 2.28. The maximum Gasteiger partial charge on any atom is 0.213 e. The van der Waals surface area contributed by atoms with Gasteiger partial charge in [-0.25, -0.2) is 13.1 Å². The number of sulfonamides is 1. The van der Waals surface area contributed by atoms with Crippen LogP contribution in [0.2, 0.25) is 5.02 Å². The Morgan fingerprint density at radius 2 is 2.16 bits per heavy atom. The fourth-order valence-corrected chi connectivity index (χ4v) is 3.04. The summed E-state index contributed by atoms with van der Waals surface area (Å²) in [5.74, 6) is -0.0376. The van der Waals surface area contributed by atoms with Crippen molar-refractivity contribution < 1.29 is 8.42 Å². The molecule has 1 aromatic rings. The monoisotopic (exact) mass is 321 g/mol. The molecule has 0 spiro atoms. The van der Waals surface area contributed by atoms with E-state index in [0.717, 1.165) is 0 Å². The summed E-state index contributed by atoms with van der Waals surface area (Å²) in [5.41, 5.74) is 6.76. The molecule has 4 N–H and O–H groups in total. The van der Waals surface area contributed by atoms with Crippen molar-refractivity contribution in [3.05, 3.63) is 28.8 Å². The number of nitrogens with one attached hydrogen (secondary N) is 2. The van der Waals surface area contributed by atoms with Crippen LogP contribution in [0, 0.1) is 0 Å². The molecule has 0 aliphatic heterocycles. The minimum absolute atomic E-state index is 0.0376. The molecule has 0 aromatic heterocycles. The van der Waals surface area contributed by atoms with E-state index in [1.54, 1.807) is 25.1 Å². The third kappa shape index (κ3) is 4.94. The summed E-state index contributed by atoms with van der Waals surface area (Å²) >= 11 is 10.9. The zero-order chi connectivity index (χ0) is 14.5. The first-order valence-electron chi connectivity index (χ1n) is 5.67. The topological polar surface area (TPSA) is 84.2 Å². The number of hydrogen-bond acceptors (Lipinski definition) is 4.